The number of rotatable bonds is 5. The highest BCUT2D eigenvalue weighted by molar-refractivity contribution is 5.29. The molecule has 0 bridgehead atoms. The van der Waals surface area contributed by atoms with Gasteiger partial charge in [-0.3, -0.25) is 4.90 Å². The molecule has 0 saturated carbocycles. The van der Waals surface area contributed by atoms with Gasteiger partial charge in [-0.2, -0.15) is 0 Å². The molecular formula is C16H26N2O. The van der Waals surface area contributed by atoms with Crippen molar-refractivity contribution in [1.82, 2.24) is 9.88 Å². The summed E-state index contributed by atoms with van der Waals surface area (Å²) in [6.45, 7) is 9.64. The first-order valence-corrected chi connectivity index (χ1v) is 7.54. The number of aromatic nitrogens is 1. The number of likely N-dealkylation sites (tertiary alicyclic amines) is 1. The van der Waals surface area contributed by atoms with Gasteiger partial charge in [-0.1, -0.05) is 26.3 Å². The van der Waals surface area contributed by atoms with Gasteiger partial charge in [0, 0.05) is 24.3 Å². The Morgan fingerprint density at radius 3 is 3.00 bits per heavy atom. The van der Waals surface area contributed by atoms with Crippen LogP contribution in [0.1, 0.15) is 51.6 Å². The molecule has 2 rings (SSSR count). The molecular weight excluding hydrogens is 236 g/mol. The van der Waals surface area contributed by atoms with Crippen LogP contribution < -0.4 is 4.74 Å². The molecule has 19 heavy (non-hydrogen) atoms. The normalized spacial score (nSPS) is 20.7. The van der Waals surface area contributed by atoms with Crippen LogP contribution in [0.2, 0.25) is 0 Å². The van der Waals surface area contributed by atoms with Crippen molar-refractivity contribution in [2.24, 2.45) is 5.92 Å². The van der Waals surface area contributed by atoms with E-state index in [1.807, 2.05) is 19.2 Å². The SMILES string of the molecule is CCOc1ncccc1C1CCCCN1CC(C)C. The molecule has 1 atom stereocenters. The number of nitrogens with zero attached hydrogens (tertiary/aromatic N) is 2. The van der Waals surface area contributed by atoms with Gasteiger partial charge < -0.3 is 4.74 Å². The summed E-state index contributed by atoms with van der Waals surface area (Å²) in [5, 5.41) is 0. The minimum Gasteiger partial charge on any atom is -0.478 e. The third-order valence-electron chi connectivity index (χ3n) is 3.65. The van der Waals surface area contributed by atoms with Crippen LogP contribution in [0.25, 0.3) is 0 Å². The summed E-state index contributed by atoms with van der Waals surface area (Å²) in [7, 11) is 0. The van der Waals surface area contributed by atoms with E-state index in [2.05, 4.69) is 29.8 Å². The van der Waals surface area contributed by atoms with Gasteiger partial charge in [-0.15, -0.1) is 0 Å². The highest BCUT2D eigenvalue weighted by Gasteiger charge is 2.27. The molecule has 3 nitrogen and oxygen atoms in total. The lowest BCUT2D eigenvalue weighted by atomic mass is 9.95. The molecule has 1 aromatic rings. The molecule has 1 aromatic heterocycles. The van der Waals surface area contributed by atoms with E-state index in [-0.39, 0.29) is 0 Å². The van der Waals surface area contributed by atoms with Crippen LogP contribution >= 0.6 is 0 Å². The first-order valence-electron chi connectivity index (χ1n) is 7.54. The Balaban J connectivity index is 2.21. The minimum atomic E-state index is 0.478. The van der Waals surface area contributed by atoms with Crippen LogP contribution in [-0.2, 0) is 0 Å². The average molecular weight is 262 g/mol. The average Bonchev–Trinajstić information content (AvgIpc) is 2.40. The van der Waals surface area contributed by atoms with E-state index >= 15 is 0 Å². The maximum Gasteiger partial charge on any atom is 0.218 e. The summed E-state index contributed by atoms with van der Waals surface area (Å²) in [6.07, 6.45) is 5.66. The molecule has 2 heterocycles. The summed E-state index contributed by atoms with van der Waals surface area (Å²) in [6, 6.07) is 4.69. The molecule has 1 aliphatic rings. The molecule has 1 fully saturated rings. The molecule has 0 aliphatic carbocycles. The van der Waals surface area contributed by atoms with Gasteiger partial charge in [0.15, 0.2) is 0 Å². The summed E-state index contributed by atoms with van der Waals surface area (Å²) < 4.78 is 5.71. The van der Waals surface area contributed by atoms with E-state index in [9.17, 15) is 0 Å². The zero-order valence-electron chi connectivity index (χ0n) is 12.4. The molecule has 1 unspecified atom stereocenters. The topological polar surface area (TPSA) is 25.4 Å². The van der Waals surface area contributed by atoms with Gasteiger partial charge in [0.25, 0.3) is 0 Å². The predicted octanol–water partition coefficient (Wildman–Crippen LogP) is 3.66. The van der Waals surface area contributed by atoms with Crippen molar-refractivity contribution in [2.75, 3.05) is 19.7 Å². The molecule has 106 valence electrons. The Bertz CT molecular complexity index is 392. The fourth-order valence-electron chi connectivity index (χ4n) is 2.94. The lowest BCUT2D eigenvalue weighted by Crippen LogP contribution is -2.36. The molecule has 0 radical (unpaired) electrons. The highest BCUT2D eigenvalue weighted by Crippen LogP contribution is 2.35. The van der Waals surface area contributed by atoms with Crippen LogP contribution in [0.15, 0.2) is 18.3 Å². The van der Waals surface area contributed by atoms with Crippen LogP contribution in [0, 0.1) is 5.92 Å². The lowest BCUT2D eigenvalue weighted by Gasteiger charge is -2.37. The molecule has 0 N–H and O–H groups in total. The number of piperidine rings is 1. The summed E-state index contributed by atoms with van der Waals surface area (Å²) in [5.74, 6) is 1.53. The fraction of sp³-hybridized carbons (Fsp3) is 0.688. The summed E-state index contributed by atoms with van der Waals surface area (Å²) >= 11 is 0. The van der Waals surface area contributed by atoms with Gasteiger partial charge in [0.05, 0.1) is 6.61 Å². The first kappa shape index (κ1) is 14.3. The monoisotopic (exact) mass is 262 g/mol. The predicted molar refractivity (Wildman–Crippen MR) is 78.4 cm³/mol. The van der Waals surface area contributed by atoms with Crippen molar-refractivity contribution < 1.29 is 4.74 Å². The van der Waals surface area contributed by atoms with Crippen molar-refractivity contribution in [2.45, 2.75) is 46.1 Å². The van der Waals surface area contributed by atoms with E-state index in [0.717, 1.165) is 12.4 Å². The smallest absolute Gasteiger partial charge is 0.218 e. The summed E-state index contributed by atoms with van der Waals surface area (Å²) in [5.41, 5.74) is 1.27. The van der Waals surface area contributed by atoms with E-state index in [1.165, 1.54) is 31.4 Å². The molecule has 1 saturated heterocycles. The second-order valence-corrected chi connectivity index (χ2v) is 5.73. The van der Waals surface area contributed by atoms with Gasteiger partial charge in [-0.25, -0.2) is 4.98 Å². The Kier molecular flexibility index (Phi) is 5.20. The van der Waals surface area contributed by atoms with Crippen molar-refractivity contribution in [3.63, 3.8) is 0 Å². The van der Waals surface area contributed by atoms with E-state index in [0.29, 0.717) is 18.6 Å². The lowest BCUT2D eigenvalue weighted by molar-refractivity contribution is 0.128. The van der Waals surface area contributed by atoms with Crippen molar-refractivity contribution in [3.05, 3.63) is 23.9 Å². The second-order valence-electron chi connectivity index (χ2n) is 5.73. The third-order valence-corrected chi connectivity index (χ3v) is 3.65. The molecule has 0 spiro atoms. The number of hydrogen-bond donors (Lipinski definition) is 0. The Hall–Kier alpha value is -1.09. The van der Waals surface area contributed by atoms with E-state index in [4.69, 9.17) is 4.74 Å². The van der Waals surface area contributed by atoms with Gasteiger partial charge >= 0.3 is 0 Å². The van der Waals surface area contributed by atoms with Crippen LogP contribution in [0.4, 0.5) is 0 Å². The Labute approximate surface area is 117 Å². The first-order chi connectivity index (χ1) is 9.22. The Morgan fingerprint density at radius 1 is 1.42 bits per heavy atom. The van der Waals surface area contributed by atoms with Crippen molar-refractivity contribution in [1.29, 1.82) is 0 Å². The van der Waals surface area contributed by atoms with Crippen LogP contribution in [-0.4, -0.2) is 29.6 Å². The zero-order valence-corrected chi connectivity index (χ0v) is 12.4. The van der Waals surface area contributed by atoms with Crippen LogP contribution in [0.3, 0.4) is 0 Å². The highest BCUT2D eigenvalue weighted by atomic mass is 16.5. The molecule has 1 aliphatic heterocycles. The molecule has 3 heteroatoms. The van der Waals surface area contributed by atoms with Gasteiger partial charge in [-0.05, 0) is 38.3 Å². The zero-order chi connectivity index (χ0) is 13.7. The molecule has 0 amide bonds. The third kappa shape index (κ3) is 3.69. The van der Waals surface area contributed by atoms with Gasteiger partial charge in [0.2, 0.25) is 5.88 Å². The standard InChI is InChI=1S/C16H26N2O/c1-4-19-16-14(8-7-10-17-16)15-9-5-6-11-18(15)12-13(2)3/h7-8,10,13,15H,4-6,9,11-12H2,1-3H3. The van der Waals surface area contributed by atoms with E-state index in [1.54, 1.807) is 0 Å². The maximum atomic E-state index is 5.71. The fourth-order valence-corrected chi connectivity index (χ4v) is 2.94. The summed E-state index contributed by atoms with van der Waals surface area (Å²) in [4.78, 5) is 7.01. The van der Waals surface area contributed by atoms with Crippen molar-refractivity contribution in [3.8, 4) is 5.88 Å². The number of pyridine rings is 1. The van der Waals surface area contributed by atoms with Crippen LogP contribution in [0.5, 0.6) is 5.88 Å². The molecule has 0 aromatic carbocycles. The van der Waals surface area contributed by atoms with Gasteiger partial charge in [0.1, 0.15) is 0 Å². The minimum absolute atomic E-state index is 0.478. The largest absolute Gasteiger partial charge is 0.478 e. The van der Waals surface area contributed by atoms with E-state index < -0.39 is 0 Å². The quantitative estimate of drug-likeness (QED) is 0.809. The Morgan fingerprint density at radius 2 is 2.26 bits per heavy atom. The second kappa shape index (κ2) is 6.90. The number of ether oxygens (including phenoxy) is 1. The number of hydrogen-bond acceptors (Lipinski definition) is 3. The van der Waals surface area contributed by atoms with Crippen molar-refractivity contribution >= 4 is 0 Å². The maximum absolute atomic E-state index is 5.71.